The molecule has 8 heteroatoms. The third-order valence-corrected chi connectivity index (χ3v) is 4.43. The largest absolute Gasteiger partial charge is 0.322 e. The third kappa shape index (κ3) is 3.44. The molecule has 4 aromatic rings. The third-order valence-electron chi connectivity index (χ3n) is 4.43. The fraction of sp³-hybridized carbons (Fsp3) is 0.0952. The molecule has 0 saturated carbocycles. The molecule has 2 aromatic carbocycles. The molecular formula is C21H15F3N4O. The number of anilines is 1. The van der Waals surface area contributed by atoms with Crippen LogP contribution >= 0.6 is 0 Å². The van der Waals surface area contributed by atoms with E-state index in [-0.39, 0.29) is 11.5 Å². The van der Waals surface area contributed by atoms with Crippen molar-refractivity contribution >= 4 is 22.6 Å². The van der Waals surface area contributed by atoms with Gasteiger partial charge in [0.25, 0.3) is 5.91 Å². The van der Waals surface area contributed by atoms with Crippen molar-refractivity contribution in [1.82, 2.24) is 14.8 Å². The summed E-state index contributed by atoms with van der Waals surface area (Å²) in [5, 5.41) is 7.53. The van der Waals surface area contributed by atoms with Crippen molar-refractivity contribution in [3.05, 3.63) is 82.9 Å². The number of fused-ring (bicyclic) bond motifs is 1. The standard InChI is InChI=1S/C21H15F3N4O/c1-11-9-16(21(29)26-14-5-8-17(23)18(24)10-14)19-12(2)27-28(20(19)25-11)15-6-3-13(22)4-7-15/h3-10H,1-2H3,(H,26,29). The summed E-state index contributed by atoms with van der Waals surface area (Å²) >= 11 is 0. The second kappa shape index (κ2) is 7.05. The number of nitrogens with zero attached hydrogens (tertiary/aromatic N) is 3. The first-order valence-corrected chi connectivity index (χ1v) is 8.73. The van der Waals surface area contributed by atoms with Gasteiger partial charge < -0.3 is 5.32 Å². The number of aryl methyl sites for hydroxylation is 2. The van der Waals surface area contributed by atoms with Gasteiger partial charge in [-0.15, -0.1) is 0 Å². The number of aromatic nitrogens is 3. The summed E-state index contributed by atoms with van der Waals surface area (Å²) < 4.78 is 41.4. The highest BCUT2D eigenvalue weighted by Crippen LogP contribution is 2.26. The molecule has 0 aliphatic carbocycles. The molecule has 2 heterocycles. The monoisotopic (exact) mass is 396 g/mol. The molecule has 4 rings (SSSR count). The van der Waals surface area contributed by atoms with E-state index in [1.807, 2.05) is 0 Å². The van der Waals surface area contributed by atoms with Crippen LogP contribution in [0.3, 0.4) is 0 Å². The summed E-state index contributed by atoms with van der Waals surface area (Å²) in [5.41, 5.74) is 2.56. The van der Waals surface area contributed by atoms with Gasteiger partial charge in [-0.2, -0.15) is 5.10 Å². The zero-order valence-corrected chi connectivity index (χ0v) is 15.5. The maximum atomic E-state index is 13.5. The lowest BCUT2D eigenvalue weighted by atomic mass is 10.1. The molecule has 0 bridgehead atoms. The van der Waals surface area contributed by atoms with Gasteiger partial charge in [-0.1, -0.05) is 0 Å². The number of rotatable bonds is 3. The van der Waals surface area contributed by atoms with Gasteiger partial charge >= 0.3 is 0 Å². The first kappa shape index (κ1) is 18.7. The summed E-state index contributed by atoms with van der Waals surface area (Å²) in [7, 11) is 0. The quantitative estimate of drug-likeness (QED) is 0.546. The smallest absolute Gasteiger partial charge is 0.256 e. The highest BCUT2D eigenvalue weighted by Gasteiger charge is 2.20. The molecular weight excluding hydrogens is 381 g/mol. The van der Waals surface area contributed by atoms with Crippen LogP contribution in [0, 0.1) is 31.3 Å². The van der Waals surface area contributed by atoms with Crippen LogP contribution in [0.25, 0.3) is 16.7 Å². The number of nitrogens with one attached hydrogen (secondary N) is 1. The van der Waals surface area contributed by atoms with E-state index in [9.17, 15) is 18.0 Å². The molecule has 0 aliphatic rings. The van der Waals surface area contributed by atoms with Gasteiger partial charge in [0.1, 0.15) is 5.82 Å². The van der Waals surface area contributed by atoms with Crippen LogP contribution in [0.15, 0.2) is 48.5 Å². The van der Waals surface area contributed by atoms with Crippen LogP contribution in [0.5, 0.6) is 0 Å². The summed E-state index contributed by atoms with van der Waals surface area (Å²) in [6.07, 6.45) is 0. The number of hydrogen-bond donors (Lipinski definition) is 1. The maximum Gasteiger partial charge on any atom is 0.256 e. The van der Waals surface area contributed by atoms with E-state index in [1.54, 1.807) is 32.0 Å². The molecule has 0 saturated heterocycles. The van der Waals surface area contributed by atoms with Crippen LogP contribution in [0.2, 0.25) is 0 Å². The Balaban J connectivity index is 1.81. The highest BCUT2D eigenvalue weighted by molar-refractivity contribution is 6.12. The number of hydrogen-bond acceptors (Lipinski definition) is 3. The molecule has 0 radical (unpaired) electrons. The van der Waals surface area contributed by atoms with Gasteiger partial charge in [0.2, 0.25) is 0 Å². The van der Waals surface area contributed by atoms with Crippen LogP contribution in [0.4, 0.5) is 18.9 Å². The number of halogens is 3. The SMILES string of the molecule is Cc1cc(C(=O)Nc2ccc(F)c(F)c2)c2c(C)nn(-c3ccc(F)cc3)c2n1. The number of carbonyl (C=O) groups is 1. The van der Waals surface area contributed by atoms with Crippen LogP contribution in [-0.2, 0) is 0 Å². The minimum Gasteiger partial charge on any atom is -0.322 e. The molecule has 0 aliphatic heterocycles. The summed E-state index contributed by atoms with van der Waals surface area (Å²) in [6, 6.07) is 10.5. The van der Waals surface area contributed by atoms with Gasteiger partial charge in [0.05, 0.1) is 22.3 Å². The fourth-order valence-electron chi connectivity index (χ4n) is 3.13. The average Bonchev–Trinajstić information content (AvgIpc) is 3.01. The Bertz CT molecular complexity index is 1250. The highest BCUT2D eigenvalue weighted by atomic mass is 19.2. The van der Waals surface area contributed by atoms with E-state index < -0.39 is 17.5 Å². The van der Waals surface area contributed by atoms with Gasteiger partial charge in [0.15, 0.2) is 17.3 Å². The Morgan fingerprint density at radius 1 is 0.966 bits per heavy atom. The first-order chi connectivity index (χ1) is 13.8. The van der Waals surface area contributed by atoms with Gasteiger partial charge in [0, 0.05) is 17.4 Å². The Labute approximate surface area is 163 Å². The van der Waals surface area contributed by atoms with Gasteiger partial charge in [-0.3, -0.25) is 4.79 Å². The zero-order chi connectivity index (χ0) is 20.7. The predicted molar refractivity (Wildman–Crippen MR) is 103 cm³/mol. The Kier molecular flexibility index (Phi) is 4.54. The van der Waals surface area contributed by atoms with E-state index in [2.05, 4.69) is 15.4 Å². The molecule has 2 aromatic heterocycles. The number of benzene rings is 2. The van der Waals surface area contributed by atoms with E-state index in [4.69, 9.17) is 0 Å². The molecule has 0 spiro atoms. The lowest BCUT2D eigenvalue weighted by molar-refractivity contribution is 0.102. The lowest BCUT2D eigenvalue weighted by Gasteiger charge is -2.09. The molecule has 1 amide bonds. The second-order valence-electron chi connectivity index (χ2n) is 6.57. The average molecular weight is 396 g/mol. The van der Waals surface area contributed by atoms with Crippen molar-refractivity contribution in [2.75, 3.05) is 5.32 Å². The number of amides is 1. The van der Waals surface area contributed by atoms with E-state index in [1.165, 1.54) is 22.9 Å². The number of pyridine rings is 1. The summed E-state index contributed by atoms with van der Waals surface area (Å²) in [6.45, 7) is 3.46. The minimum absolute atomic E-state index is 0.125. The zero-order valence-electron chi connectivity index (χ0n) is 15.5. The Morgan fingerprint density at radius 3 is 2.38 bits per heavy atom. The van der Waals surface area contributed by atoms with Crippen molar-refractivity contribution in [3.63, 3.8) is 0 Å². The molecule has 0 unspecified atom stereocenters. The van der Waals surface area contributed by atoms with Crippen molar-refractivity contribution in [1.29, 1.82) is 0 Å². The van der Waals surface area contributed by atoms with Crippen LogP contribution in [-0.4, -0.2) is 20.7 Å². The summed E-state index contributed by atoms with van der Waals surface area (Å²) in [4.78, 5) is 17.4. The van der Waals surface area contributed by atoms with Gasteiger partial charge in [-0.25, -0.2) is 22.8 Å². The molecule has 146 valence electrons. The molecule has 0 atom stereocenters. The molecule has 0 fully saturated rings. The molecule has 29 heavy (non-hydrogen) atoms. The lowest BCUT2D eigenvalue weighted by Crippen LogP contribution is -2.13. The van der Waals surface area contributed by atoms with Gasteiger partial charge in [-0.05, 0) is 56.3 Å². The second-order valence-corrected chi connectivity index (χ2v) is 6.57. The fourth-order valence-corrected chi connectivity index (χ4v) is 3.13. The van der Waals surface area contributed by atoms with Crippen LogP contribution < -0.4 is 5.32 Å². The van der Waals surface area contributed by atoms with E-state index in [0.29, 0.717) is 33.7 Å². The normalized spacial score (nSPS) is 11.1. The van der Waals surface area contributed by atoms with Crippen molar-refractivity contribution in [2.24, 2.45) is 0 Å². The van der Waals surface area contributed by atoms with Crippen molar-refractivity contribution in [2.45, 2.75) is 13.8 Å². The van der Waals surface area contributed by atoms with Crippen molar-refractivity contribution < 1.29 is 18.0 Å². The predicted octanol–water partition coefficient (Wildman–Crippen LogP) is 4.71. The van der Waals surface area contributed by atoms with E-state index in [0.717, 1.165) is 12.1 Å². The molecule has 5 nitrogen and oxygen atoms in total. The van der Waals surface area contributed by atoms with Crippen LogP contribution in [0.1, 0.15) is 21.7 Å². The maximum absolute atomic E-state index is 13.5. The minimum atomic E-state index is -1.06. The van der Waals surface area contributed by atoms with E-state index >= 15 is 0 Å². The Hall–Kier alpha value is -3.68. The molecule has 1 N–H and O–H groups in total. The Morgan fingerprint density at radius 2 is 1.69 bits per heavy atom. The summed E-state index contributed by atoms with van der Waals surface area (Å²) in [5.74, 6) is -2.94. The topological polar surface area (TPSA) is 59.8 Å². The first-order valence-electron chi connectivity index (χ1n) is 8.73. The van der Waals surface area contributed by atoms with Crippen molar-refractivity contribution in [3.8, 4) is 5.69 Å². The number of carbonyl (C=O) groups excluding carboxylic acids is 1.